The summed E-state index contributed by atoms with van der Waals surface area (Å²) in [5.74, 6) is 2.20. The first-order valence-corrected chi connectivity index (χ1v) is 6.34. The summed E-state index contributed by atoms with van der Waals surface area (Å²) in [5, 5.41) is 4.48. The Labute approximate surface area is 111 Å². The van der Waals surface area contributed by atoms with Gasteiger partial charge in [0.25, 0.3) is 0 Å². The molecule has 2 heterocycles. The molecule has 3 rings (SSSR count). The lowest BCUT2D eigenvalue weighted by Crippen LogP contribution is -2.04. The van der Waals surface area contributed by atoms with E-state index in [9.17, 15) is 0 Å². The van der Waals surface area contributed by atoms with E-state index in [2.05, 4.69) is 23.5 Å². The molecule has 0 fully saturated rings. The van der Waals surface area contributed by atoms with E-state index in [1.54, 1.807) is 4.68 Å². The summed E-state index contributed by atoms with van der Waals surface area (Å²) < 4.78 is 3.89. The molecule has 0 unspecified atom stereocenters. The maximum absolute atomic E-state index is 5.83. The van der Waals surface area contributed by atoms with Gasteiger partial charge in [0.15, 0.2) is 5.82 Å². The number of aryl methyl sites for hydroxylation is 1. The second-order valence-electron chi connectivity index (χ2n) is 5.06. The number of imidazole rings is 1. The predicted molar refractivity (Wildman–Crippen MR) is 76.3 cm³/mol. The molecule has 0 saturated heterocycles. The van der Waals surface area contributed by atoms with Crippen LogP contribution in [0.4, 0.5) is 5.69 Å². The minimum absolute atomic E-state index is 0.315. The van der Waals surface area contributed by atoms with Crippen LogP contribution in [0.25, 0.3) is 16.9 Å². The maximum atomic E-state index is 5.83. The molecule has 0 aliphatic rings. The standard InChI is InChI=1S/C14H17N5/c1-9(2)14-16-11-8-10(15)4-5-12(11)19(14)13-6-7-18(3)17-13/h4-9H,15H2,1-3H3. The quantitative estimate of drug-likeness (QED) is 0.715. The van der Waals surface area contributed by atoms with Crippen molar-refractivity contribution in [3.63, 3.8) is 0 Å². The Morgan fingerprint density at radius 1 is 1.21 bits per heavy atom. The fourth-order valence-corrected chi connectivity index (χ4v) is 2.27. The fraction of sp³-hybridized carbons (Fsp3) is 0.286. The number of fused-ring (bicyclic) bond motifs is 1. The van der Waals surface area contributed by atoms with Gasteiger partial charge in [-0.25, -0.2) is 4.98 Å². The minimum atomic E-state index is 0.315. The maximum Gasteiger partial charge on any atom is 0.160 e. The van der Waals surface area contributed by atoms with Crippen LogP contribution in [0.2, 0.25) is 0 Å². The second-order valence-corrected chi connectivity index (χ2v) is 5.06. The smallest absolute Gasteiger partial charge is 0.160 e. The van der Waals surface area contributed by atoms with Gasteiger partial charge in [-0.05, 0) is 18.2 Å². The van der Waals surface area contributed by atoms with E-state index in [0.717, 1.165) is 28.4 Å². The van der Waals surface area contributed by atoms with Gasteiger partial charge in [0.05, 0.1) is 11.0 Å². The Morgan fingerprint density at radius 2 is 2.00 bits per heavy atom. The summed E-state index contributed by atoms with van der Waals surface area (Å²) in [6.45, 7) is 4.26. The van der Waals surface area contributed by atoms with Crippen molar-refractivity contribution in [2.24, 2.45) is 7.05 Å². The Balaban J connectivity index is 2.34. The van der Waals surface area contributed by atoms with Crippen LogP contribution >= 0.6 is 0 Å². The Kier molecular flexibility index (Phi) is 2.55. The van der Waals surface area contributed by atoms with Crippen LogP contribution in [0, 0.1) is 0 Å². The number of nitrogens with zero attached hydrogens (tertiary/aromatic N) is 4. The summed E-state index contributed by atoms with van der Waals surface area (Å²) in [6.07, 6.45) is 1.93. The van der Waals surface area contributed by atoms with E-state index in [0.29, 0.717) is 5.92 Å². The zero-order chi connectivity index (χ0) is 13.6. The van der Waals surface area contributed by atoms with Crippen molar-refractivity contribution in [3.8, 4) is 5.82 Å². The van der Waals surface area contributed by atoms with E-state index in [-0.39, 0.29) is 0 Å². The molecule has 98 valence electrons. The largest absolute Gasteiger partial charge is 0.399 e. The van der Waals surface area contributed by atoms with Crippen molar-refractivity contribution in [3.05, 3.63) is 36.3 Å². The highest BCUT2D eigenvalue weighted by molar-refractivity contribution is 5.81. The van der Waals surface area contributed by atoms with E-state index < -0.39 is 0 Å². The Morgan fingerprint density at radius 3 is 2.63 bits per heavy atom. The number of nitrogen functional groups attached to an aromatic ring is 1. The third-order valence-corrected chi connectivity index (χ3v) is 3.15. The molecule has 19 heavy (non-hydrogen) atoms. The van der Waals surface area contributed by atoms with Crippen LogP contribution in [0.3, 0.4) is 0 Å². The molecular weight excluding hydrogens is 238 g/mol. The molecule has 3 aromatic rings. The van der Waals surface area contributed by atoms with E-state index >= 15 is 0 Å². The fourth-order valence-electron chi connectivity index (χ4n) is 2.27. The number of aromatic nitrogens is 4. The van der Waals surface area contributed by atoms with Crippen LogP contribution in [0.1, 0.15) is 25.6 Å². The van der Waals surface area contributed by atoms with Gasteiger partial charge in [-0.15, -0.1) is 0 Å². The van der Waals surface area contributed by atoms with Gasteiger partial charge >= 0.3 is 0 Å². The van der Waals surface area contributed by atoms with Gasteiger partial charge in [-0.1, -0.05) is 13.8 Å². The summed E-state index contributed by atoms with van der Waals surface area (Å²) >= 11 is 0. The van der Waals surface area contributed by atoms with Crippen molar-refractivity contribution in [1.29, 1.82) is 0 Å². The number of hydrogen-bond donors (Lipinski definition) is 1. The van der Waals surface area contributed by atoms with Crippen LogP contribution in [0.15, 0.2) is 30.5 Å². The van der Waals surface area contributed by atoms with Gasteiger partial charge in [0.2, 0.25) is 0 Å². The van der Waals surface area contributed by atoms with Crippen LogP contribution in [-0.4, -0.2) is 19.3 Å². The number of nitrogens with two attached hydrogens (primary N) is 1. The first-order chi connectivity index (χ1) is 9.06. The highest BCUT2D eigenvalue weighted by atomic mass is 15.3. The van der Waals surface area contributed by atoms with Crippen molar-refractivity contribution < 1.29 is 0 Å². The molecule has 0 atom stereocenters. The number of anilines is 1. The van der Waals surface area contributed by atoms with Crippen molar-refractivity contribution in [1.82, 2.24) is 19.3 Å². The normalized spacial score (nSPS) is 11.6. The second kappa shape index (κ2) is 4.12. The molecule has 0 spiro atoms. The molecule has 5 nitrogen and oxygen atoms in total. The first-order valence-electron chi connectivity index (χ1n) is 6.34. The summed E-state index contributed by atoms with van der Waals surface area (Å²) in [4.78, 5) is 4.69. The Bertz CT molecular complexity index is 735. The van der Waals surface area contributed by atoms with E-state index in [1.807, 2.05) is 37.5 Å². The average Bonchev–Trinajstić information content (AvgIpc) is 2.91. The van der Waals surface area contributed by atoms with Crippen molar-refractivity contribution in [2.75, 3.05) is 5.73 Å². The third-order valence-electron chi connectivity index (χ3n) is 3.15. The minimum Gasteiger partial charge on any atom is -0.399 e. The lowest BCUT2D eigenvalue weighted by atomic mass is 10.2. The average molecular weight is 255 g/mol. The van der Waals surface area contributed by atoms with Crippen LogP contribution < -0.4 is 5.73 Å². The van der Waals surface area contributed by atoms with E-state index in [4.69, 9.17) is 10.7 Å². The molecule has 2 aromatic heterocycles. The summed E-state index contributed by atoms with van der Waals surface area (Å²) in [6, 6.07) is 7.79. The van der Waals surface area contributed by atoms with Gasteiger partial charge in [0.1, 0.15) is 5.82 Å². The molecule has 0 saturated carbocycles. The molecular formula is C14H17N5. The zero-order valence-corrected chi connectivity index (χ0v) is 11.3. The Hall–Kier alpha value is -2.30. The molecule has 5 heteroatoms. The summed E-state index contributed by atoms with van der Waals surface area (Å²) in [7, 11) is 1.91. The topological polar surface area (TPSA) is 61.7 Å². The highest BCUT2D eigenvalue weighted by Gasteiger charge is 2.16. The third kappa shape index (κ3) is 1.87. The highest BCUT2D eigenvalue weighted by Crippen LogP contribution is 2.26. The lowest BCUT2D eigenvalue weighted by molar-refractivity contribution is 0.719. The number of hydrogen-bond acceptors (Lipinski definition) is 3. The van der Waals surface area contributed by atoms with Crippen molar-refractivity contribution >= 4 is 16.7 Å². The van der Waals surface area contributed by atoms with Gasteiger partial charge in [-0.2, -0.15) is 5.10 Å². The molecule has 0 aliphatic heterocycles. The monoisotopic (exact) mass is 255 g/mol. The SMILES string of the molecule is CC(C)c1nc2cc(N)ccc2n1-c1ccn(C)n1. The van der Waals surface area contributed by atoms with Crippen molar-refractivity contribution in [2.45, 2.75) is 19.8 Å². The lowest BCUT2D eigenvalue weighted by Gasteiger charge is -2.08. The van der Waals surface area contributed by atoms with Gasteiger partial charge in [0, 0.05) is 30.9 Å². The number of rotatable bonds is 2. The molecule has 0 amide bonds. The molecule has 0 bridgehead atoms. The first kappa shape index (κ1) is 11.8. The predicted octanol–water partition coefficient (Wildman–Crippen LogP) is 2.46. The van der Waals surface area contributed by atoms with Crippen LogP contribution in [0.5, 0.6) is 0 Å². The van der Waals surface area contributed by atoms with Gasteiger partial charge in [-0.3, -0.25) is 9.25 Å². The van der Waals surface area contributed by atoms with Gasteiger partial charge < -0.3 is 5.73 Å². The van der Waals surface area contributed by atoms with Crippen LogP contribution in [-0.2, 0) is 7.05 Å². The molecule has 1 aromatic carbocycles. The molecule has 2 N–H and O–H groups in total. The molecule has 0 radical (unpaired) electrons. The van der Waals surface area contributed by atoms with E-state index in [1.165, 1.54) is 0 Å². The zero-order valence-electron chi connectivity index (χ0n) is 11.3. The summed E-state index contributed by atoms with van der Waals surface area (Å²) in [5.41, 5.74) is 8.51. The number of benzene rings is 1. The molecule has 0 aliphatic carbocycles.